The molecule has 1 fully saturated rings. The van der Waals surface area contributed by atoms with Gasteiger partial charge in [0.2, 0.25) is 12.3 Å². The zero-order chi connectivity index (χ0) is 18.9. The first kappa shape index (κ1) is 20.3. The summed E-state index contributed by atoms with van der Waals surface area (Å²) in [7, 11) is 1.91. The molecule has 0 spiro atoms. The molecule has 1 aromatic carbocycles. The predicted molar refractivity (Wildman–Crippen MR) is 103 cm³/mol. The quantitative estimate of drug-likeness (QED) is 0.783. The molecule has 26 heavy (non-hydrogen) atoms. The van der Waals surface area contributed by atoms with Crippen molar-refractivity contribution in [2.24, 2.45) is 11.7 Å². The van der Waals surface area contributed by atoms with Crippen molar-refractivity contribution in [3.8, 4) is 0 Å². The Labute approximate surface area is 158 Å². The molecular weight excluding hydrogens is 354 g/mol. The molecule has 0 radical (unpaired) electrons. The van der Waals surface area contributed by atoms with Crippen molar-refractivity contribution in [3.05, 3.63) is 35.0 Å². The summed E-state index contributed by atoms with van der Waals surface area (Å²) in [6.07, 6.45) is 5.58. The van der Waals surface area contributed by atoms with Crippen LogP contribution in [-0.4, -0.2) is 49.0 Å². The van der Waals surface area contributed by atoms with Crippen LogP contribution in [0, 0.1) is 5.92 Å². The Morgan fingerprint density at radius 2 is 2.12 bits per heavy atom. The predicted octanol–water partition coefficient (Wildman–Crippen LogP) is 2.74. The largest absolute Gasteiger partial charge is 0.381 e. The summed E-state index contributed by atoms with van der Waals surface area (Å²) < 4.78 is 5.37. The SMILES string of the molecule is CN(CC1CCOCC1)C(=O)CCc1c[nH]c2c(Cl)cccc12.NC=O. The van der Waals surface area contributed by atoms with Gasteiger partial charge in [-0.25, -0.2) is 0 Å². The molecular formula is C19H26ClN3O3. The number of fused-ring (bicyclic) bond motifs is 1. The number of primary amides is 1. The number of halogens is 1. The van der Waals surface area contributed by atoms with Crippen LogP contribution in [0.3, 0.4) is 0 Å². The number of carbonyl (C=O) groups excluding carboxylic acids is 2. The van der Waals surface area contributed by atoms with E-state index >= 15 is 0 Å². The van der Waals surface area contributed by atoms with Gasteiger partial charge in [0.15, 0.2) is 0 Å². The lowest BCUT2D eigenvalue weighted by Crippen LogP contribution is -2.34. The van der Waals surface area contributed by atoms with Gasteiger partial charge in [-0.2, -0.15) is 0 Å². The van der Waals surface area contributed by atoms with E-state index in [9.17, 15) is 4.79 Å². The molecule has 0 saturated carbocycles. The molecule has 1 aliphatic heterocycles. The van der Waals surface area contributed by atoms with Crippen LogP contribution in [0.25, 0.3) is 10.9 Å². The van der Waals surface area contributed by atoms with E-state index in [-0.39, 0.29) is 12.3 Å². The summed E-state index contributed by atoms with van der Waals surface area (Å²) in [6.45, 7) is 2.48. The fourth-order valence-electron chi connectivity index (χ4n) is 3.23. The zero-order valence-electron chi connectivity index (χ0n) is 15.0. The van der Waals surface area contributed by atoms with E-state index in [4.69, 9.17) is 21.1 Å². The lowest BCUT2D eigenvalue weighted by molar-refractivity contribution is -0.130. The van der Waals surface area contributed by atoms with Gasteiger partial charge in [0.1, 0.15) is 0 Å². The summed E-state index contributed by atoms with van der Waals surface area (Å²) in [6, 6.07) is 5.86. The number of para-hydroxylation sites is 1. The second-order valence-corrected chi connectivity index (χ2v) is 6.85. The molecule has 6 nitrogen and oxygen atoms in total. The highest BCUT2D eigenvalue weighted by atomic mass is 35.5. The van der Waals surface area contributed by atoms with Crippen molar-refractivity contribution in [1.29, 1.82) is 0 Å². The molecule has 0 atom stereocenters. The van der Waals surface area contributed by atoms with Gasteiger partial charge in [-0.1, -0.05) is 23.7 Å². The Bertz CT molecular complexity index is 726. The lowest BCUT2D eigenvalue weighted by Gasteiger charge is -2.27. The number of ether oxygens (including phenoxy) is 1. The zero-order valence-corrected chi connectivity index (χ0v) is 15.8. The summed E-state index contributed by atoms with van der Waals surface area (Å²) in [5.74, 6) is 0.775. The van der Waals surface area contributed by atoms with Gasteiger partial charge in [-0.05, 0) is 36.8 Å². The highest BCUT2D eigenvalue weighted by molar-refractivity contribution is 6.35. The van der Waals surface area contributed by atoms with E-state index in [2.05, 4.69) is 10.7 Å². The maximum Gasteiger partial charge on any atom is 0.222 e. The molecule has 0 unspecified atom stereocenters. The molecule has 1 aliphatic rings. The van der Waals surface area contributed by atoms with Crippen LogP contribution in [-0.2, 0) is 20.7 Å². The maximum absolute atomic E-state index is 12.4. The third-order valence-corrected chi connectivity index (χ3v) is 4.97. The number of H-pyrrole nitrogens is 1. The van der Waals surface area contributed by atoms with E-state index in [1.54, 1.807) is 0 Å². The smallest absolute Gasteiger partial charge is 0.222 e. The van der Waals surface area contributed by atoms with Crippen molar-refractivity contribution < 1.29 is 14.3 Å². The third kappa shape index (κ3) is 5.47. The van der Waals surface area contributed by atoms with E-state index in [0.29, 0.717) is 12.3 Å². The molecule has 2 aromatic rings. The van der Waals surface area contributed by atoms with Gasteiger partial charge in [-0.15, -0.1) is 0 Å². The molecule has 142 valence electrons. The van der Waals surface area contributed by atoms with Crippen LogP contribution < -0.4 is 5.73 Å². The van der Waals surface area contributed by atoms with Gasteiger partial charge >= 0.3 is 0 Å². The van der Waals surface area contributed by atoms with Crippen LogP contribution >= 0.6 is 11.6 Å². The van der Waals surface area contributed by atoms with Crippen molar-refractivity contribution in [3.63, 3.8) is 0 Å². The van der Waals surface area contributed by atoms with E-state index in [1.807, 2.05) is 36.3 Å². The van der Waals surface area contributed by atoms with Crippen molar-refractivity contribution in [2.75, 3.05) is 26.8 Å². The highest BCUT2D eigenvalue weighted by Crippen LogP contribution is 2.26. The number of aryl methyl sites for hydroxylation is 1. The highest BCUT2D eigenvalue weighted by Gasteiger charge is 2.18. The Kier molecular flexibility index (Phi) is 7.94. The summed E-state index contributed by atoms with van der Waals surface area (Å²) in [5, 5.41) is 1.83. The van der Waals surface area contributed by atoms with E-state index in [1.165, 1.54) is 0 Å². The van der Waals surface area contributed by atoms with Crippen LogP contribution in [0.1, 0.15) is 24.8 Å². The molecule has 2 heterocycles. The van der Waals surface area contributed by atoms with Gasteiger partial charge in [0, 0.05) is 44.8 Å². The Balaban J connectivity index is 0.000000758. The second-order valence-electron chi connectivity index (χ2n) is 6.44. The van der Waals surface area contributed by atoms with Crippen LogP contribution in [0.2, 0.25) is 5.02 Å². The summed E-state index contributed by atoms with van der Waals surface area (Å²) >= 11 is 6.18. The minimum Gasteiger partial charge on any atom is -0.381 e. The Morgan fingerprint density at radius 3 is 2.81 bits per heavy atom. The normalized spacial score (nSPS) is 14.5. The average Bonchev–Trinajstić information content (AvgIpc) is 3.06. The molecule has 0 bridgehead atoms. The van der Waals surface area contributed by atoms with Crippen LogP contribution in [0.15, 0.2) is 24.4 Å². The number of nitrogens with one attached hydrogen (secondary N) is 1. The first-order valence-electron chi connectivity index (χ1n) is 8.78. The second kappa shape index (κ2) is 10.2. The molecule has 1 saturated heterocycles. The Hall–Kier alpha value is -2.05. The van der Waals surface area contributed by atoms with Gasteiger partial charge in [0.25, 0.3) is 0 Å². The number of aromatic nitrogens is 1. The summed E-state index contributed by atoms with van der Waals surface area (Å²) in [5.41, 5.74) is 6.27. The third-order valence-electron chi connectivity index (χ3n) is 4.66. The van der Waals surface area contributed by atoms with Crippen molar-refractivity contribution in [1.82, 2.24) is 9.88 Å². The van der Waals surface area contributed by atoms with Gasteiger partial charge < -0.3 is 20.4 Å². The van der Waals surface area contributed by atoms with E-state index in [0.717, 1.165) is 60.5 Å². The number of aromatic amines is 1. The topological polar surface area (TPSA) is 88.4 Å². The Morgan fingerprint density at radius 1 is 1.42 bits per heavy atom. The number of nitrogens with zero attached hydrogens (tertiary/aromatic N) is 1. The summed E-state index contributed by atoms with van der Waals surface area (Å²) in [4.78, 5) is 26.0. The van der Waals surface area contributed by atoms with E-state index < -0.39 is 0 Å². The molecule has 3 N–H and O–H groups in total. The maximum atomic E-state index is 12.4. The van der Waals surface area contributed by atoms with Crippen LogP contribution in [0.5, 0.6) is 0 Å². The first-order valence-corrected chi connectivity index (χ1v) is 9.16. The van der Waals surface area contributed by atoms with Crippen molar-refractivity contribution >= 4 is 34.8 Å². The van der Waals surface area contributed by atoms with Gasteiger partial charge in [-0.3, -0.25) is 9.59 Å². The lowest BCUT2D eigenvalue weighted by atomic mass is 9.99. The number of hydrogen-bond acceptors (Lipinski definition) is 3. The molecule has 0 aliphatic carbocycles. The van der Waals surface area contributed by atoms with Gasteiger partial charge in [0.05, 0.1) is 10.5 Å². The number of hydrogen-bond donors (Lipinski definition) is 2. The number of amides is 2. The van der Waals surface area contributed by atoms with Crippen LogP contribution in [0.4, 0.5) is 0 Å². The number of rotatable bonds is 5. The molecule has 2 amide bonds. The fraction of sp³-hybridized carbons (Fsp3) is 0.474. The number of benzene rings is 1. The molecule has 7 heteroatoms. The first-order chi connectivity index (χ1) is 12.6. The average molecular weight is 380 g/mol. The minimum atomic E-state index is 0.202. The monoisotopic (exact) mass is 379 g/mol. The molecule has 3 rings (SSSR count). The standard InChI is InChI=1S/C18H23ClN2O2.CH3NO/c1-21(12-13-7-9-23-10-8-13)17(22)6-5-14-11-20-18-15(14)3-2-4-16(18)19;2-1-3/h2-4,11,13,20H,5-10,12H2,1H3;1H,(H2,2,3). The minimum absolute atomic E-state index is 0.202. The fourth-order valence-corrected chi connectivity index (χ4v) is 3.46. The molecule has 1 aromatic heterocycles. The number of carbonyl (C=O) groups is 2. The van der Waals surface area contributed by atoms with Crippen molar-refractivity contribution in [2.45, 2.75) is 25.7 Å². The number of nitrogens with two attached hydrogens (primary N) is 1.